The molecule has 3 rings (SSSR count). The molecule has 2 aliphatic heterocycles. The van der Waals surface area contributed by atoms with Gasteiger partial charge in [0.1, 0.15) is 12.7 Å². The molecule has 0 aromatic carbocycles. The van der Waals surface area contributed by atoms with Crippen LogP contribution in [-0.2, 0) is 4.79 Å². The molecular weight excluding hydrogens is 278 g/mol. The summed E-state index contributed by atoms with van der Waals surface area (Å²) in [6, 6.07) is 0.312. The number of likely N-dealkylation sites (tertiary alicyclic amines) is 1. The van der Waals surface area contributed by atoms with Gasteiger partial charge in [0.05, 0.1) is 12.1 Å². The molecule has 1 amide bonds. The fraction of sp³-hybridized carbons (Fsp3) is 0.769. The molecule has 0 radical (unpaired) electrons. The molecule has 1 aromatic heterocycles. The quantitative estimate of drug-likeness (QED) is 0.885. The maximum Gasteiger partial charge on any atom is 0.239 e. The Morgan fingerprint density at radius 3 is 2.85 bits per heavy atom. The first kappa shape index (κ1) is 15.3. The van der Waals surface area contributed by atoms with Crippen molar-refractivity contribution in [1.29, 1.82) is 0 Å². The third kappa shape index (κ3) is 3.30. The van der Waals surface area contributed by atoms with Crippen LogP contribution in [0.5, 0.6) is 0 Å². The van der Waals surface area contributed by atoms with Gasteiger partial charge in [-0.2, -0.15) is 5.10 Å². The van der Waals surface area contributed by atoms with Crippen LogP contribution < -0.4 is 5.32 Å². The smallest absolute Gasteiger partial charge is 0.239 e. The number of amides is 1. The number of nitrogens with zero attached hydrogens (tertiary/aromatic N) is 4. The van der Waals surface area contributed by atoms with Crippen molar-refractivity contribution in [2.45, 2.75) is 44.2 Å². The van der Waals surface area contributed by atoms with E-state index in [-0.39, 0.29) is 30.4 Å². The van der Waals surface area contributed by atoms with Crippen molar-refractivity contribution < 1.29 is 4.79 Å². The van der Waals surface area contributed by atoms with Crippen molar-refractivity contribution in [3.8, 4) is 0 Å². The number of rotatable bonds is 2. The van der Waals surface area contributed by atoms with Crippen LogP contribution >= 0.6 is 12.4 Å². The van der Waals surface area contributed by atoms with Gasteiger partial charge < -0.3 is 10.2 Å². The lowest BCUT2D eigenvalue weighted by atomic mass is 10.0. The van der Waals surface area contributed by atoms with Gasteiger partial charge in [0.15, 0.2) is 0 Å². The predicted octanol–water partition coefficient (Wildman–Crippen LogP) is 1.01. The molecule has 7 heteroatoms. The molecule has 2 saturated heterocycles. The van der Waals surface area contributed by atoms with Crippen molar-refractivity contribution in [2.75, 3.05) is 19.6 Å². The average molecular weight is 300 g/mol. The molecular formula is C13H22ClN5O. The van der Waals surface area contributed by atoms with E-state index in [1.165, 1.54) is 6.42 Å². The molecule has 2 unspecified atom stereocenters. The molecule has 1 N–H and O–H groups in total. The Morgan fingerprint density at radius 2 is 2.15 bits per heavy atom. The highest BCUT2D eigenvalue weighted by Gasteiger charge is 2.30. The van der Waals surface area contributed by atoms with Gasteiger partial charge in [0, 0.05) is 13.1 Å². The Bertz CT molecular complexity index is 418. The van der Waals surface area contributed by atoms with Crippen LogP contribution in [0.2, 0.25) is 0 Å². The van der Waals surface area contributed by atoms with Crippen LogP contribution in [0.1, 0.15) is 38.1 Å². The van der Waals surface area contributed by atoms with Gasteiger partial charge in [0.2, 0.25) is 5.91 Å². The normalized spacial score (nSPS) is 26.9. The third-order valence-electron chi connectivity index (χ3n) is 4.13. The van der Waals surface area contributed by atoms with Crippen LogP contribution in [-0.4, -0.2) is 51.2 Å². The predicted molar refractivity (Wildman–Crippen MR) is 77.8 cm³/mol. The molecule has 0 saturated carbocycles. The van der Waals surface area contributed by atoms with E-state index in [4.69, 9.17) is 0 Å². The number of carbonyl (C=O) groups is 1. The standard InChI is InChI=1S/C13H21N5O.ClH/c19-13(12-5-1-2-6-15-12)17-7-3-4-11(8-17)18-10-14-9-16-18;/h9-12,15H,1-8H2;1H. The molecule has 2 atom stereocenters. The van der Waals surface area contributed by atoms with E-state index in [0.717, 1.165) is 45.3 Å². The van der Waals surface area contributed by atoms with E-state index in [0.29, 0.717) is 0 Å². The SMILES string of the molecule is Cl.O=C(C1CCCCN1)N1CCCC(n2cncn2)C1. The molecule has 2 aliphatic rings. The number of halogens is 1. The lowest BCUT2D eigenvalue weighted by Crippen LogP contribution is -2.51. The largest absolute Gasteiger partial charge is 0.339 e. The number of hydrogen-bond acceptors (Lipinski definition) is 4. The summed E-state index contributed by atoms with van der Waals surface area (Å²) in [4.78, 5) is 18.5. The first-order valence-corrected chi connectivity index (χ1v) is 7.21. The second kappa shape index (κ2) is 7.04. The van der Waals surface area contributed by atoms with Gasteiger partial charge in [-0.05, 0) is 32.2 Å². The van der Waals surface area contributed by atoms with Gasteiger partial charge in [-0.15, -0.1) is 12.4 Å². The Labute approximate surface area is 125 Å². The van der Waals surface area contributed by atoms with Gasteiger partial charge in [0.25, 0.3) is 0 Å². The summed E-state index contributed by atoms with van der Waals surface area (Å²) in [5.41, 5.74) is 0. The van der Waals surface area contributed by atoms with Crippen LogP contribution in [0.25, 0.3) is 0 Å². The Kier molecular flexibility index (Phi) is 5.37. The summed E-state index contributed by atoms with van der Waals surface area (Å²) < 4.78 is 1.88. The molecule has 0 bridgehead atoms. The Balaban J connectivity index is 0.00000147. The summed E-state index contributed by atoms with van der Waals surface area (Å²) in [6.07, 6.45) is 8.74. The zero-order valence-electron chi connectivity index (χ0n) is 11.6. The lowest BCUT2D eigenvalue weighted by molar-refractivity contribution is -0.135. The lowest BCUT2D eigenvalue weighted by Gasteiger charge is -2.36. The fourth-order valence-corrected chi connectivity index (χ4v) is 3.06. The Morgan fingerprint density at radius 1 is 1.25 bits per heavy atom. The van der Waals surface area contributed by atoms with Crippen LogP contribution in [0, 0.1) is 0 Å². The summed E-state index contributed by atoms with van der Waals surface area (Å²) in [5.74, 6) is 0.268. The van der Waals surface area contributed by atoms with Crippen molar-refractivity contribution in [3.63, 3.8) is 0 Å². The maximum atomic E-state index is 12.5. The third-order valence-corrected chi connectivity index (χ3v) is 4.13. The second-order valence-electron chi connectivity index (χ2n) is 5.46. The highest BCUT2D eigenvalue weighted by atomic mass is 35.5. The summed E-state index contributed by atoms with van der Waals surface area (Å²) in [7, 11) is 0. The molecule has 112 valence electrons. The molecule has 6 nitrogen and oxygen atoms in total. The van der Waals surface area contributed by atoms with E-state index in [2.05, 4.69) is 15.4 Å². The van der Waals surface area contributed by atoms with Crippen LogP contribution in [0.3, 0.4) is 0 Å². The van der Waals surface area contributed by atoms with E-state index in [9.17, 15) is 4.79 Å². The van der Waals surface area contributed by atoms with E-state index in [1.54, 1.807) is 12.7 Å². The number of nitrogens with one attached hydrogen (secondary N) is 1. The minimum Gasteiger partial charge on any atom is -0.339 e. The molecule has 3 heterocycles. The van der Waals surface area contributed by atoms with Crippen molar-refractivity contribution in [2.24, 2.45) is 0 Å². The van der Waals surface area contributed by atoms with Crippen LogP contribution in [0.15, 0.2) is 12.7 Å². The van der Waals surface area contributed by atoms with Crippen molar-refractivity contribution in [3.05, 3.63) is 12.7 Å². The van der Waals surface area contributed by atoms with E-state index in [1.807, 2.05) is 9.58 Å². The first-order chi connectivity index (χ1) is 9.34. The highest BCUT2D eigenvalue weighted by molar-refractivity contribution is 5.85. The summed E-state index contributed by atoms with van der Waals surface area (Å²) in [5, 5.41) is 7.54. The Hall–Kier alpha value is -1.14. The number of piperidine rings is 2. The monoisotopic (exact) mass is 299 g/mol. The molecule has 2 fully saturated rings. The maximum absolute atomic E-state index is 12.5. The topological polar surface area (TPSA) is 63.1 Å². The highest BCUT2D eigenvalue weighted by Crippen LogP contribution is 2.22. The zero-order chi connectivity index (χ0) is 13.1. The van der Waals surface area contributed by atoms with Gasteiger partial charge in [-0.3, -0.25) is 4.79 Å². The van der Waals surface area contributed by atoms with Crippen LogP contribution in [0.4, 0.5) is 0 Å². The first-order valence-electron chi connectivity index (χ1n) is 7.21. The van der Waals surface area contributed by atoms with E-state index < -0.39 is 0 Å². The van der Waals surface area contributed by atoms with Gasteiger partial charge in [-0.25, -0.2) is 9.67 Å². The minimum atomic E-state index is 0. The van der Waals surface area contributed by atoms with Crippen molar-refractivity contribution in [1.82, 2.24) is 25.0 Å². The molecule has 1 aromatic rings. The number of carbonyl (C=O) groups excluding carboxylic acids is 1. The number of aromatic nitrogens is 3. The fourth-order valence-electron chi connectivity index (χ4n) is 3.06. The molecule has 0 aliphatic carbocycles. The van der Waals surface area contributed by atoms with Gasteiger partial charge >= 0.3 is 0 Å². The van der Waals surface area contributed by atoms with Crippen molar-refractivity contribution >= 4 is 18.3 Å². The summed E-state index contributed by atoms with van der Waals surface area (Å²) in [6.45, 7) is 2.61. The second-order valence-corrected chi connectivity index (χ2v) is 5.46. The van der Waals surface area contributed by atoms with Gasteiger partial charge in [-0.1, -0.05) is 6.42 Å². The molecule has 20 heavy (non-hydrogen) atoms. The zero-order valence-corrected chi connectivity index (χ0v) is 12.4. The molecule has 0 spiro atoms. The summed E-state index contributed by atoms with van der Waals surface area (Å²) >= 11 is 0. The van der Waals surface area contributed by atoms with E-state index >= 15 is 0 Å². The minimum absolute atomic E-state index is 0. The average Bonchev–Trinajstić information content (AvgIpc) is 3.02. The number of hydrogen-bond donors (Lipinski definition) is 1.